The molecule has 1 aliphatic heterocycles. The van der Waals surface area contributed by atoms with E-state index in [0.717, 1.165) is 22.6 Å². The van der Waals surface area contributed by atoms with Crippen LogP contribution in [0.1, 0.15) is 22.5 Å². The molecule has 5 heteroatoms. The third-order valence-corrected chi connectivity index (χ3v) is 4.78. The minimum absolute atomic E-state index is 0.164. The Morgan fingerprint density at radius 1 is 1.19 bits per heavy atom. The minimum atomic E-state index is -0.225. The van der Waals surface area contributed by atoms with Gasteiger partial charge >= 0.3 is 0 Å². The Bertz CT molecular complexity index is 896. The maximum atomic E-state index is 12.6. The quantitative estimate of drug-likeness (QED) is 0.632. The third kappa shape index (κ3) is 3.42. The van der Waals surface area contributed by atoms with Crippen LogP contribution >= 0.6 is 0 Å². The number of hydrogen-bond donors (Lipinski definition) is 0. The van der Waals surface area contributed by atoms with Gasteiger partial charge < -0.3 is 14.2 Å². The Hall–Kier alpha value is -2.84. The van der Waals surface area contributed by atoms with E-state index in [4.69, 9.17) is 4.74 Å². The summed E-state index contributed by atoms with van der Waals surface area (Å²) in [5, 5.41) is 9.51. The Kier molecular flexibility index (Phi) is 5.24. The number of carbonyl (C=O) groups excluding carboxylic acids is 1. The number of amides is 1. The van der Waals surface area contributed by atoms with E-state index >= 15 is 0 Å². The fourth-order valence-electron chi connectivity index (χ4n) is 3.35. The average molecular weight is 349 g/mol. The molecule has 2 heterocycles. The SMILES string of the molecule is Cc1ccccc1-n1c(C)cc(/C=C(\C#N)C(=O)N2CCOCC2)c1C. The molecule has 0 N–H and O–H groups in total. The largest absolute Gasteiger partial charge is 0.378 e. The summed E-state index contributed by atoms with van der Waals surface area (Å²) < 4.78 is 7.44. The van der Waals surface area contributed by atoms with E-state index in [0.29, 0.717) is 26.3 Å². The molecule has 3 rings (SSSR count). The molecule has 0 atom stereocenters. The van der Waals surface area contributed by atoms with Gasteiger partial charge in [-0.1, -0.05) is 18.2 Å². The van der Waals surface area contributed by atoms with Gasteiger partial charge in [0.1, 0.15) is 11.6 Å². The predicted octanol–water partition coefficient (Wildman–Crippen LogP) is 3.17. The van der Waals surface area contributed by atoms with Gasteiger partial charge in [-0.15, -0.1) is 0 Å². The summed E-state index contributed by atoms with van der Waals surface area (Å²) >= 11 is 0. The molecule has 1 saturated heterocycles. The number of morpholine rings is 1. The fourth-order valence-corrected chi connectivity index (χ4v) is 3.35. The van der Waals surface area contributed by atoms with Crippen molar-refractivity contribution in [3.8, 4) is 11.8 Å². The van der Waals surface area contributed by atoms with Gasteiger partial charge in [0.2, 0.25) is 0 Å². The van der Waals surface area contributed by atoms with Crippen molar-refractivity contribution in [1.29, 1.82) is 5.26 Å². The molecule has 0 unspecified atom stereocenters. The molecule has 2 aromatic rings. The van der Waals surface area contributed by atoms with Gasteiger partial charge in [-0.25, -0.2) is 0 Å². The van der Waals surface area contributed by atoms with E-state index in [9.17, 15) is 10.1 Å². The Morgan fingerprint density at radius 2 is 1.88 bits per heavy atom. The highest BCUT2D eigenvalue weighted by Crippen LogP contribution is 2.25. The van der Waals surface area contributed by atoms with Gasteiger partial charge in [-0.2, -0.15) is 5.26 Å². The van der Waals surface area contributed by atoms with Crippen molar-refractivity contribution in [2.45, 2.75) is 20.8 Å². The monoisotopic (exact) mass is 349 g/mol. The van der Waals surface area contributed by atoms with Gasteiger partial charge in [0.25, 0.3) is 5.91 Å². The van der Waals surface area contributed by atoms with Crippen molar-refractivity contribution in [3.05, 3.63) is 58.4 Å². The first-order valence-electron chi connectivity index (χ1n) is 8.76. The molecule has 5 nitrogen and oxygen atoms in total. The lowest BCUT2D eigenvalue weighted by atomic mass is 10.1. The van der Waals surface area contributed by atoms with Crippen molar-refractivity contribution in [1.82, 2.24) is 9.47 Å². The van der Waals surface area contributed by atoms with Crippen LogP contribution < -0.4 is 0 Å². The van der Waals surface area contributed by atoms with Crippen LogP contribution in [0.5, 0.6) is 0 Å². The number of para-hydroxylation sites is 1. The van der Waals surface area contributed by atoms with Gasteiger partial charge in [-0.3, -0.25) is 4.79 Å². The summed E-state index contributed by atoms with van der Waals surface area (Å²) in [6.45, 7) is 8.22. The first kappa shape index (κ1) is 18.0. The van der Waals surface area contributed by atoms with Gasteiger partial charge in [0.15, 0.2) is 0 Å². The summed E-state index contributed by atoms with van der Waals surface area (Å²) in [5.74, 6) is -0.225. The molecule has 26 heavy (non-hydrogen) atoms. The van der Waals surface area contributed by atoms with Gasteiger partial charge in [-0.05, 0) is 50.1 Å². The highest BCUT2D eigenvalue weighted by molar-refractivity contribution is 6.01. The maximum Gasteiger partial charge on any atom is 0.264 e. The number of rotatable bonds is 3. The topological polar surface area (TPSA) is 58.3 Å². The van der Waals surface area contributed by atoms with E-state index in [1.54, 1.807) is 11.0 Å². The van der Waals surface area contributed by atoms with Crippen LogP contribution in [0.2, 0.25) is 0 Å². The molecule has 1 aromatic heterocycles. The van der Waals surface area contributed by atoms with E-state index in [1.165, 1.54) is 5.56 Å². The number of ether oxygens (including phenoxy) is 1. The van der Waals surface area contributed by atoms with E-state index in [-0.39, 0.29) is 11.5 Å². The first-order chi connectivity index (χ1) is 12.5. The van der Waals surface area contributed by atoms with Crippen LogP contribution in [-0.4, -0.2) is 41.7 Å². The molecule has 1 aromatic carbocycles. The van der Waals surface area contributed by atoms with Crippen LogP contribution in [0.15, 0.2) is 35.9 Å². The predicted molar refractivity (Wildman–Crippen MR) is 101 cm³/mol. The average Bonchev–Trinajstić information content (AvgIpc) is 2.94. The second-order valence-corrected chi connectivity index (χ2v) is 6.52. The number of aromatic nitrogens is 1. The smallest absolute Gasteiger partial charge is 0.264 e. The van der Waals surface area contributed by atoms with E-state index < -0.39 is 0 Å². The molecular formula is C21H23N3O2. The number of nitriles is 1. The number of nitrogens with zero attached hydrogens (tertiary/aromatic N) is 3. The van der Waals surface area contributed by atoms with Crippen LogP contribution in [0, 0.1) is 32.1 Å². The second-order valence-electron chi connectivity index (χ2n) is 6.52. The second kappa shape index (κ2) is 7.59. The molecule has 1 aliphatic rings. The molecule has 134 valence electrons. The molecule has 0 aliphatic carbocycles. The number of carbonyl (C=O) groups is 1. The normalized spacial score (nSPS) is 15.0. The highest BCUT2D eigenvalue weighted by Gasteiger charge is 2.21. The highest BCUT2D eigenvalue weighted by atomic mass is 16.5. The van der Waals surface area contributed by atoms with Gasteiger partial charge in [0.05, 0.1) is 13.2 Å². The Morgan fingerprint density at radius 3 is 2.54 bits per heavy atom. The summed E-state index contributed by atoms with van der Waals surface area (Å²) in [4.78, 5) is 14.3. The zero-order valence-electron chi connectivity index (χ0n) is 15.5. The van der Waals surface area contributed by atoms with Crippen molar-refractivity contribution in [2.24, 2.45) is 0 Å². The molecule has 0 radical (unpaired) electrons. The first-order valence-corrected chi connectivity index (χ1v) is 8.76. The van der Waals surface area contributed by atoms with Crippen molar-refractivity contribution in [2.75, 3.05) is 26.3 Å². The van der Waals surface area contributed by atoms with E-state index in [2.05, 4.69) is 29.7 Å². The summed E-state index contributed by atoms with van der Waals surface area (Å²) in [6.07, 6.45) is 1.70. The lowest BCUT2D eigenvalue weighted by Crippen LogP contribution is -2.41. The molecule has 0 saturated carbocycles. The summed E-state index contributed by atoms with van der Waals surface area (Å²) in [7, 11) is 0. The van der Waals surface area contributed by atoms with E-state index in [1.807, 2.05) is 32.0 Å². The van der Waals surface area contributed by atoms with Crippen LogP contribution in [0.3, 0.4) is 0 Å². The fraction of sp³-hybridized carbons (Fsp3) is 0.333. The number of hydrogen-bond acceptors (Lipinski definition) is 3. The number of aryl methyl sites for hydroxylation is 2. The number of benzene rings is 1. The Balaban J connectivity index is 1.98. The molecule has 0 bridgehead atoms. The molecule has 0 spiro atoms. The van der Waals surface area contributed by atoms with Gasteiger partial charge in [0, 0.05) is 30.2 Å². The van der Waals surface area contributed by atoms with Crippen LogP contribution in [-0.2, 0) is 9.53 Å². The molecule has 1 fully saturated rings. The minimum Gasteiger partial charge on any atom is -0.378 e. The molecular weight excluding hydrogens is 326 g/mol. The third-order valence-electron chi connectivity index (χ3n) is 4.78. The lowest BCUT2D eigenvalue weighted by molar-refractivity contribution is -0.130. The van der Waals surface area contributed by atoms with Crippen molar-refractivity contribution in [3.63, 3.8) is 0 Å². The standard InChI is InChI=1S/C21H23N3O2/c1-15-6-4-5-7-20(15)24-16(2)12-18(17(24)3)13-19(14-22)21(25)23-8-10-26-11-9-23/h4-7,12-13H,8-11H2,1-3H3/b19-13+. The van der Waals surface area contributed by atoms with Crippen LogP contribution in [0.25, 0.3) is 11.8 Å². The maximum absolute atomic E-state index is 12.6. The van der Waals surface area contributed by atoms with Crippen molar-refractivity contribution >= 4 is 12.0 Å². The van der Waals surface area contributed by atoms with Crippen molar-refractivity contribution < 1.29 is 9.53 Å². The zero-order chi connectivity index (χ0) is 18.7. The summed E-state index contributed by atoms with van der Waals surface area (Å²) in [6, 6.07) is 12.3. The Labute approximate surface area is 154 Å². The zero-order valence-corrected chi connectivity index (χ0v) is 15.5. The van der Waals surface area contributed by atoms with Crippen LogP contribution in [0.4, 0.5) is 0 Å². The lowest BCUT2D eigenvalue weighted by Gasteiger charge is -2.26. The molecule has 1 amide bonds. The summed E-state index contributed by atoms with van der Waals surface area (Å²) in [5.41, 5.74) is 5.43.